The number of hydrogen-bond donors (Lipinski definition) is 3. The van der Waals surface area contributed by atoms with Gasteiger partial charge in [0, 0.05) is 13.2 Å². The average molecular weight is 333 g/mol. The first kappa shape index (κ1) is 18.4. The van der Waals surface area contributed by atoms with E-state index in [0.717, 1.165) is 37.9 Å². The number of imide groups is 1. The molecule has 1 heterocycles. The predicted octanol–water partition coefficient (Wildman–Crippen LogP) is 1.50. The highest BCUT2D eigenvalue weighted by atomic mass is 16.3. The van der Waals surface area contributed by atoms with Gasteiger partial charge < -0.3 is 10.4 Å². The Morgan fingerprint density at radius 3 is 2.54 bits per heavy atom. The number of carbonyl (C=O) groups excluding carboxylic acids is 2. The second-order valence-electron chi connectivity index (χ2n) is 6.33. The molecule has 0 aliphatic carbocycles. The number of likely N-dealkylation sites (tertiary alicyclic amines) is 1. The van der Waals surface area contributed by atoms with E-state index in [2.05, 4.69) is 15.5 Å². The molecule has 1 aliphatic heterocycles. The number of nitrogens with zero attached hydrogens (tertiary/aromatic N) is 1. The minimum atomic E-state index is -0.467. The highest BCUT2D eigenvalue weighted by Gasteiger charge is 2.27. The highest BCUT2D eigenvalue weighted by molar-refractivity contribution is 5.96. The zero-order chi connectivity index (χ0) is 17.4. The predicted molar refractivity (Wildman–Crippen MR) is 92.3 cm³/mol. The molecule has 2 rings (SSSR count). The van der Waals surface area contributed by atoms with E-state index in [1.54, 1.807) is 0 Å². The number of rotatable bonds is 6. The largest absolute Gasteiger partial charge is 0.396 e. The van der Waals surface area contributed by atoms with Crippen molar-refractivity contribution in [1.29, 1.82) is 0 Å². The second-order valence-corrected chi connectivity index (χ2v) is 6.33. The minimum absolute atomic E-state index is 0.224. The summed E-state index contributed by atoms with van der Waals surface area (Å²) < 4.78 is 0. The molecular formula is C18H27N3O3. The van der Waals surface area contributed by atoms with Crippen LogP contribution in [-0.4, -0.2) is 47.7 Å². The maximum absolute atomic E-state index is 12.2. The van der Waals surface area contributed by atoms with Gasteiger partial charge in [-0.05, 0) is 50.8 Å². The molecule has 0 aromatic heterocycles. The van der Waals surface area contributed by atoms with E-state index in [1.165, 1.54) is 0 Å². The van der Waals surface area contributed by atoms with Crippen LogP contribution in [0.3, 0.4) is 0 Å². The molecule has 0 unspecified atom stereocenters. The van der Waals surface area contributed by atoms with Crippen LogP contribution in [0, 0.1) is 5.92 Å². The Bertz CT molecular complexity index is 528. The van der Waals surface area contributed by atoms with Gasteiger partial charge in [0.15, 0.2) is 0 Å². The van der Waals surface area contributed by atoms with Gasteiger partial charge in [-0.15, -0.1) is 0 Å². The van der Waals surface area contributed by atoms with E-state index >= 15 is 0 Å². The molecule has 6 nitrogen and oxygen atoms in total. The fourth-order valence-electron chi connectivity index (χ4n) is 3.02. The Hall–Kier alpha value is -1.92. The van der Waals surface area contributed by atoms with Gasteiger partial charge in [0.1, 0.15) is 0 Å². The average Bonchev–Trinajstić information content (AvgIpc) is 2.61. The van der Waals surface area contributed by atoms with Crippen molar-refractivity contribution in [2.45, 2.75) is 38.8 Å². The van der Waals surface area contributed by atoms with Crippen LogP contribution in [0.1, 0.15) is 31.7 Å². The molecule has 1 aromatic rings. The molecule has 6 heteroatoms. The summed E-state index contributed by atoms with van der Waals surface area (Å²) in [4.78, 5) is 26.2. The number of carbonyl (C=O) groups is 2. The van der Waals surface area contributed by atoms with Crippen molar-refractivity contribution in [1.82, 2.24) is 15.5 Å². The lowest BCUT2D eigenvalue weighted by molar-refractivity contribution is -0.125. The number of urea groups is 1. The Morgan fingerprint density at radius 1 is 1.25 bits per heavy atom. The van der Waals surface area contributed by atoms with Crippen LogP contribution in [0.4, 0.5) is 4.79 Å². The smallest absolute Gasteiger partial charge is 0.321 e. The number of aliphatic hydroxyl groups excluding tert-OH is 1. The molecule has 0 radical (unpaired) electrons. The molecule has 0 bridgehead atoms. The van der Waals surface area contributed by atoms with Crippen LogP contribution in [0.5, 0.6) is 0 Å². The summed E-state index contributed by atoms with van der Waals surface area (Å²) in [5, 5.41) is 14.1. The van der Waals surface area contributed by atoms with Gasteiger partial charge in [-0.3, -0.25) is 15.0 Å². The van der Waals surface area contributed by atoms with Crippen molar-refractivity contribution in [3.8, 4) is 0 Å². The van der Waals surface area contributed by atoms with E-state index in [0.29, 0.717) is 12.5 Å². The van der Waals surface area contributed by atoms with E-state index in [-0.39, 0.29) is 18.6 Å². The highest BCUT2D eigenvalue weighted by Crippen LogP contribution is 2.21. The van der Waals surface area contributed by atoms with Crippen molar-refractivity contribution < 1.29 is 14.7 Å². The number of hydrogen-bond acceptors (Lipinski definition) is 4. The zero-order valence-electron chi connectivity index (χ0n) is 14.2. The molecule has 1 aromatic carbocycles. The normalized spacial score (nSPS) is 17.2. The van der Waals surface area contributed by atoms with Crippen LogP contribution in [-0.2, 0) is 11.3 Å². The quantitative estimate of drug-likeness (QED) is 0.737. The summed E-state index contributed by atoms with van der Waals surface area (Å²) in [6, 6.07) is 8.76. The molecular weight excluding hydrogens is 306 g/mol. The van der Waals surface area contributed by atoms with Crippen molar-refractivity contribution in [2.24, 2.45) is 5.92 Å². The molecule has 1 fully saturated rings. The first-order valence-corrected chi connectivity index (χ1v) is 8.57. The molecule has 1 atom stereocenters. The fourth-order valence-corrected chi connectivity index (χ4v) is 3.02. The summed E-state index contributed by atoms with van der Waals surface area (Å²) in [7, 11) is 0. The first-order chi connectivity index (χ1) is 11.6. The molecule has 1 saturated heterocycles. The summed E-state index contributed by atoms with van der Waals surface area (Å²) in [5.74, 6) is 0.261. The molecule has 24 heavy (non-hydrogen) atoms. The van der Waals surface area contributed by atoms with Gasteiger partial charge in [0.2, 0.25) is 5.91 Å². The molecule has 132 valence electrons. The second kappa shape index (κ2) is 9.39. The van der Waals surface area contributed by atoms with Crippen molar-refractivity contribution in [3.05, 3.63) is 35.9 Å². The maximum Gasteiger partial charge on any atom is 0.321 e. The standard InChI is InChI=1S/C18H27N3O3/c1-14(21-10-7-15(8-11-21)9-12-22)17(23)20-18(24)19-13-16-5-3-2-4-6-16/h2-6,14-15,22H,7-13H2,1H3,(H2,19,20,23,24)/t14-/m0/s1. The van der Waals surface area contributed by atoms with E-state index in [1.807, 2.05) is 37.3 Å². The van der Waals surface area contributed by atoms with Crippen LogP contribution in [0.25, 0.3) is 0 Å². The van der Waals surface area contributed by atoms with Crippen LogP contribution in [0.15, 0.2) is 30.3 Å². The zero-order valence-corrected chi connectivity index (χ0v) is 14.2. The van der Waals surface area contributed by atoms with Gasteiger partial charge in [-0.2, -0.15) is 0 Å². The lowest BCUT2D eigenvalue weighted by Crippen LogP contribution is -2.51. The Kier molecular flexibility index (Phi) is 7.21. The Labute approximate surface area is 143 Å². The lowest BCUT2D eigenvalue weighted by Gasteiger charge is -2.35. The number of aliphatic hydroxyl groups is 1. The van der Waals surface area contributed by atoms with Gasteiger partial charge in [-0.1, -0.05) is 30.3 Å². The minimum Gasteiger partial charge on any atom is -0.396 e. The molecule has 1 aliphatic rings. The number of nitrogens with one attached hydrogen (secondary N) is 2. The fraction of sp³-hybridized carbons (Fsp3) is 0.556. The summed E-state index contributed by atoms with van der Waals surface area (Å²) in [6.45, 7) is 4.09. The number of piperidine rings is 1. The van der Waals surface area contributed by atoms with Gasteiger partial charge in [-0.25, -0.2) is 4.79 Å². The Balaban J connectivity index is 1.72. The van der Waals surface area contributed by atoms with Gasteiger partial charge >= 0.3 is 6.03 Å². The summed E-state index contributed by atoms with van der Waals surface area (Å²) in [6.07, 6.45) is 2.80. The number of amides is 3. The SMILES string of the molecule is C[C@@H](C(=O)NC(=O)NCc1ccccc1)N1CCC(CCO)CC1. The molecule has 3 N–H and O–H groups in total. The monoisotopic (exact) mass is 333 g/mol. The maximum atomic E-state index is 12.2. The Morgan fingerprint density at radius 2 is 1.92 bits per heavy atom. The number of benzene rings is 1. The third kappa shape index (κ3) is 5.62. The van der Waals surface area contributed by atoms with Crippen LogP contribution in [0.2, 0.25) is 0 Å². The van der Waals surface area contributed by atoms with Crippen LogP contribution >= 0.6 is 0 Å². The van der Waals surface area contributed by atoms with E-state index in [4.69, 9.17) is 5.11 Å². The first-order valence-electron chi connectivity index (χ1n) is 8.57. The van der Waals surface area contributed by atoms with Crippen LogP contribution < -0.4 is 10.6 Å². The van der Waals surface area contributed by atoms with Gasteiger partial charge in [0.25, 0.3) is 0 Å². The summed E-state index contributed by atoms with van der Waals surface area (Å²) >= 11 is 0. The van der Waals surface area contributed by atoms with E-state index in [9.17, 15) is 9.59 Å². The summed E-state index contributed by atoms with van der Waals surface area (Å²) in [5.41, 5.74) is 0.985. The third-order valence-corrected chi connectivity index (χ3v) is 4.65. The van der Waals surface area contributed by atoms with E-state index < -0.39 is 6.03 Å². The van der Waals surface area contributed by atoms with Crippen molar-refractivity contribution in [3.63, 3.8) is 0 Å². The molecule has 0 spiro atoms. The van der Waals surface area contributed by atoms with Crippen molar-refractivity contribution >= 4 is 11.9 Å². The molecule has 3 amide bonds. The molecule has 0 saturated carbocycles. The third-order valence-electron chi connectivity index (χ3n) is 4.65. The lowest BCUT2D eigenvalue weighted by atomic mass is 9.93. The van der Waals surface area contributed by atoms with Gasteiger partial charge in [0.05, 0.1) is 6.04 Å². The topological polar surface area (TPSA) is 81.7 Å². The van der Waals surface area contributed by atoms with Crippen molar-refractivity contribution in [2.75, 3.05) is 19.7 Å².